The molecule has 2 aromatic heterocycles. The number of carbonyl (C=O) groups is 1. The number of ether oxygens (including phenoxy) is 3. The first-order valence-corrected chi connectivity index (χ1v) is 11.0. The minimum absolute atomic E-state index is 0.165. The summed E-state index contributed by atoms with van der Waals surface area (Å²) < 4.78 is 16.5. The minimum atomic E-state index is -0.185. The molecule has 4 rings (SSSR count). The van der Waals surface area contributed by atoms with Crippen LogP contribution in [0.25, 0.3) is 11.1 Å². The summed E-state index contributed by atoms with van der Waals surface area (Å²) in [5, 5.41) is 0. The molecule has 9 heteroatoms. The number of aromatic nitrogens is 2. The van der Waals surface area contributed by atoms with Crippen LogP contribution in [0.3, 0.4) is 0 Å². The SMILES string of the molecule is COC[C@H]1CN(c2cnc(N)cc2OC)CCN1C(=O)c1cc(OC)c(-c2ccccc2)cn1. The van der Waals surface area contributed by atoms with E-state index in [0.717, 1.165) is 16.8 Å². The third-order valence-electron chi connectivity index (χ3n) is 5.92. The van der Waals surface area contributed by atoms with Crippen LogP contribution < -0.4 is 20.1 Å². The van der Waals surface area contributed by atoms with Crippen molar-refractivity contribution < 1.29 is 19.0 Å². The second-order valence-corrected chi connectivity index (χ2v) is 7.97. The second kappa shape index (κ2) is 10.4. The molecule has 1 fully saturated rings. The summed E-state index contributed by atoms with van der Waals surface area (Å²) in [6.07, 6.45) is 3.39. The first kappa shape index (κ1) is 23.3. The van der Waals surface area contributed by atoms with Gasteiger partial charge in [-0.05, 0) is 5.56 Å². The average molecular weight is 464 g/mol. The number of methoxy groups -OCH3 is 3. The summed E-state index contributed by atoms with van der Waals surface area (Å²) in [5.41, 5.74) is 8.78. The highest BCUT2D eigenvalue weighted by Crippen LogP contribution is 2.32. The predicted molar refractivity (Wildman–Crippen MR) is 130 cm³/mol. The van der Waals surface area contributed by atoms with E-state index in [0.29, 0.717) is 49.3 Å². The van der Waals surface area contributed by atoms with Gasteiger partial charge in [-0.3, -0.25) is 9.78 Å². The number of nitrogen functional groups attached to an aromatic ring is 1. The van der Waals surface area contributed by atoms with E-state index in [2.05, 4.69) is 14.9 Å². The normalized spacial score (nSPS) is 15.8. The van der Waals surface area contributed by atoms with Gasteiger partial charge < -0.3 is 29.7 Å². The molecule has 3 heterocycles. The standard InChI is InChI=1S/C25H29N5O4/c1-32-16-18-15-29(21-14-28-24(26)12-23(21)34-3)9-10-30(18)25(31)20-11-22(33-2)19(13-27-20)17-7-5-4-6-8-17/h4-8,11-14,18H,9-10,15-16H2,1-3H3,(H2,26,28)/t18-/m1/s1. The van der Waals surface area contributed by atoms with Crippen LogP contribution in [0, 0.1) is 0 Å². The summed E-state index contributed by atoms with van der Waals surface area (Å²) in [6, 6.07) is 13.0. The van der Waals surface area contributed by atoms with E-state index in [4.69, 9.17) is 19.9 Å². The number of rotatable bonds is 7. The summed E-state index contributed by atoms with van der Waals surface area (Å²) in [5.74, 6) is 1.47. The Bertz CT molecular complexity index is 1140. The maximum absolute atomic E-state index is 13.5. The molecule has 1 aromatic carbocycles. The molecule has 1 aliphatic heterocycles. The molecule has 0 aliphatic carbocycles. The Morgan fingerprint density at radius 1 is 1.03 bits per heavy atom. The van der Waals surface area contributed by atoms with E-state index < -0.39 is 0 Å². The zero-order chi connectivity index (χ0) is 24.1. The monoisotopic (exact) mass is 463 g/mol. The van der Waals surface area contributed by atoms with Crippen molar-refractivity contribution in [3.8, 4) is 22.6 Å². The number of piperazine rings is 1. The minimum Gasteiger partial charge on any atom is -0.496 e. The fourth-order valence-electron chi connectivity index (χ4n) is 4.23. The predicted octanol–water partition coefficient (Wildman–Crippen LogP) is 2.72. The molecular formula is C25H29N5O4. The first-order valence-electron chi connectivity index (χ1n) is 11.0. The molecule has 1 atom stereocenters. The van der Waals surface area contributed by atoms with E-state index in [1.165, 1.54) is 0 Å². The molecule has 1 aliphatic rings. The van der Waals surface area contributed by atoms with Crippen LogP contribution in [0.5, 0.6) is 11.5 Å². The lowest BCUT2D eigenvalue weighted by Crippen LogP contribution is -2.57. The van der Waals surface area contributed by atoms with Crippen molar-refractivity contribution in [2.45, 2.75) is 6.04 Å². The molecular weight excluding hydrogens is 434 g/mol. The van der Waals surface area contributed by atoms with E-state index in [9.17, 15) is 4.79 Å². The molecule has 1 amide bonds. The van der Waals surface area contributed by atoms with Gasteiger partial charge in [0.15, 0.2) is 0 Å². The fraction of sp³-hybridized carbons (Fsp3) is 0.320. The number of nitrogens with two attached hydrogens (primary N) is 1. The van der Waals surface area contributed by atoms with E-state index in [1.807, 2.05) is 30.3 Å². The Morgan fingerprint density at radius 2 is 1.79 bits per heavy atom. The van der Waals surface area contributed by atoms with Gasteiger partial charge in [0.2, 0.25) is 0 Å². The van der Waals surface area contributed by atoms with Crippen molar-refractivity contribution in [3.63, 3.8) is 0 Å². The van der Waals surface area contributed by atoms with Crippen LogP contribution in [0.1, 0.15) is 10.5 Å². The summed E-state index contributed by atoms with van der Waals surface area (Å²) in [6.45, 7) is 2.03. The van der Waals surface area contributed by atoms with E-state index >= 15 is 0 Å². The number of carbonyl (C=O) groups excluding carboxylic acids is 1. The molecule has 0 unspecified atom stereocenters. The quantitative estimate of drug-likeness (QED) is 0.571. The Kier molecular flexibility index (Phi) is 7.12. The van der Waals surface area contributed by atoms with Gasteiger partial charge in [0, 0.05) is 50.6 Å². The van der Waals surface area contributed by atoms with Gasteiger partial charge in [-0.15, -0.1) is 0 Å². The third kappa shape index (κ3) is 4.74. The Balaban J connectivity index is 1.57. The molecule has 2 N–H and O–H groups in total. The summed E-state index contributed by atoms with van der Waals surface area (Å²) in [7, 11) is 4.82. The van der Waals surface area contributed by atoms with Gasteiger partial charge in [-0.2, -0.15) is 0 Å². The first-order chi connectivity index (χ1) is 16.5. The number of pyridine rings is 2. The maximum atomic E-state index is 13.5. The van der Waals surface area contributed by atoms with Gasteiger partial charge in [-0.25, -0.2) is 4.98 Å². The van der Waals surface area contributed by atoms with Crippen LogP contribution in [0.15, 0.2) is 54.9 Å². The van der Waals surface area contributed by atoms with Crippen LogP contribution in [-0.2, 0) is 4.74 Å². The van der Waals surface area contributed by atoms with Gasteiger partial charge in [0.05, 0.1) is 38.8 Å². The van der Waals surface area contributed by atoms with Crippen molar-refractivity contribution >= 4 is 17.4 Å². The number of nitrogens with zero attached hydrogens (tertiary/aromatic N) is 4. The highest BCUT2D eigenvalue weighted by molar-refractivity contribution is 5.94. The average Bonchev–Trinajstić information content (AvgIpc) is 2.88. The van der Waals surface area contributed by atoms with E-state index in [-0.39, 0.29) is 11.9 Å². The maximum Gasteiger partial charge on any atom is 0.273 e. The number of hydrogen-bond acceptors (Lipinski definition) is 8. The molecule has 0 saturated carbocycles. The number of benzene rings is 1. The lowest BCUT2D eigenvalue weighted by molar-refractivity contribution is 0.0494. The largest absolute Gasteiger partial charge is 0.496 e. The lowest BCUT2D eigenvalue weighted by Gasteiger charge is -2.42. The molecule has 9 nitrogen and oxygen atoms in total. The van der Waals surface area contributed by atoms with Gasteiger partial charge in [0.25, 0.3) is 5.91 Å². The zero-order valence-corrected chi connectivity index (χ0v) is 19.6. The molecule has 0 spiro atoms. The van der Waals surface area contributed by atoms with Crippen molar-refractivity contribution in [1.29, 1.82) is 0 Å². The third-order valence-corrected chi connectivity index (χ3v) is 5.92. The van der Waals surface area contributed by atoms with Crippen molar-refractivity contribution in [2.24, 2.45) is 0 Å². The molecule has 34 heavy (non-hydrogen) atoms. The Hall–Kier alpha value is -3.85. The number of amides is 1. The number of hydrogen-bond donors (Lipinski definition) is 1. The Labute approximate surface area is 199 Å². The smallest absolute Gasteiger partial charge is 0.273 e. The van der Waals surface area contributed by atoms with Crippen molar-refractivity contribution in [1.82, 2.24) is 14.9 Å². The van der Waals surface area contributed by atoms with Crippen molar-refractivity contribution in [2.75, 3.05) is 58.2 Å². The molecule has 0 bridgehead atoms. The van der Waals surface area contributed by atoms with Gasteiger partial charge >= 0.3 is 0 Å². The van der Waals surface area contributed by atoms with E-state index in [1.54, 1.807) is 50.8 Å². The van der Waals surface area contributed by atoms with Gasteiger partial charge in [0.1, 0.15) is 23.0 Å². The molecule has 178 valence electrons. The lowest BCUT2D eigenvalue weighted by atomic mass is 10.1. The van der Waals surface area contributed by atoms with Crippen molar-refractivity contribution in [3.05, 3.63) is 60.6 Å². The fourth-order valence-corrected chi connectivity index (χ4v) is 4.23. The molecule has 0 radical (unpaired) electrons. The topological polar surface area (TPSA) is 103 Å². The highest BCUT2D eigenvalue weighted by Gasteiger charge is 2.33. The number of anilines is 2. The second-order valence-electron chi connectivity index (χ2n) is 7.97. The Morgan fingerprint density at radius 3 is 2.50 bits per heavy atom. The van der Waals surface area contributed by atoms with Crippen LogP contribution in [-0.4, -0.2) is 74.4 Å². The molecule has 1 saturated heterocycles. The van der Waals surface area contributed by atoms with Crippen LogP contribution in [0.2, 0.25) is 0 Å². The van der Waals surface area contributed by atoms with Crippen LogP contribution >= 0.6 is 0 Å². The van der Waals surface area contributed by atoms with Gasteiger partial charge in [-0.1, -0.05) is 30.3 Å². The summed E-state index contributed by atoms with van der Waals surface area (Å²) in [4.78, 5) is 26.1. The van der Waals surface area contributed by atoms with Crippen LogP contribution in [0.4, 0.5) is 11.5 Å². The summed E-state index contributed by atoms with van der Waals surface area (Å²) >= 11 is 0. The highest BCUT2D eigenvalue weighted by atomic mass is 16.5. The zero-order valence-electron chi connectivity index (χ0n) is 19.6. The molecule has 3 aromatic rings.